The second-order valence-corrected chi connectivity index (χ2v) is 7.04. The summed E-state index contributed by atoms with van der Waals surface area (Å²) in [5.41, 5.74) is 2.53. The molecular weight excluding hydrogens is 408 g/mol. The lowest BCUT2D eigenvalue weighted by molar-refractivity contribution is 0.431. The zero-order valence-electron chi connectivity index (χ0n) is 15.3. The van der Waals surface area contributed by atoms with Gasteiger partial charge in [-0.05, 0) is 36.4 Å². The molecule has 2 aromatic heterocycles. The first-order valence-corrected chi connectivity index (χ1v) is 9.42. The van der Waals surface area contributed by atoms with Gasteiger partial charge in [-0.1, -0.05) is 53.2 Å². The molecule has 0 atom stereocenters. The van der Waals surface area contributed by atoms with E-state index in [0.717, 1.165) is 28.6 Å². The van der Waals surface area contributed by atoms with Gasteiger partial charge in [-0.3, -0.25) is 0 Å². The number of rotatable bonds is 3. The summed E-state index contributed by atoms with van der Waals surface area (Å²) in [7, 11) is 0. The third-order valence-electron chi connectivity index (χ3n) is 4.70. The fourth-order valence-corrected chi connectivity index (χ4v) is 3.39. The summed E-state index contributed by atoms with van der Waals surface area (Å²) in [6.45, 7) is 0. The Morgan fingerprint density at radius 1 is 0.800 bits per heavy atom. The fraction of sp³-hybridized carbons (Fsp3) is 0. The fourth-order valence-electron chi connectivity index (χ4n) is 3.27. The van der Waals surface area contributed by atoms with Crippen LogP contribution in [-0.4, -0.2) is 15.1 Å². The maximum Gasteiger partial charge on any atom is 0.259 e. The molecule has 0 bridgehead atoms. The molecule has 0 aliphatic heterocycles. The molecule has 0 aliphatic carbocycles. The smallest absolute Gasteiger partial charge is 0.259 e. The molecule has 2 heterocycles. The van der Waals surface area contributed by atoms with Crippen molar-refractivity contribution in [2.24, 2.45) is 0 Å². The van der Waals surface area contributed by atoms with E-state index in [1.165, 1.54) is 6.07 Å². The van der Waals surface area contributed by atoms with Gasteiger partial charge >= 0.3 is 0 Å². The van der Waals surface area contributed by atoms with Crippen LogP contribution in [0.5, 0.6) is 0 Å². The summed E-state index contributed by atoms with van der Waals surface area (Å²) in [5.74, 6) is -1.54. The lowest BCUT2D eigenvalue weighted by Crippen LogP contribution is -1.92. The Bertz CT molecular complexity index is 1360. The highest BCUT2D eigenvalue weighted by Gasteiger charge is 2.20. The molecule has 7 heteroatoms. The zero-order chi connectivity index (χ0) is 20.7. The lowest BCUT2D eigenvalue weighted by atomic mass is 10.0. The van der Waals surface area contributed by atoms with Gasteiger partial charge in [-0.2, -0.15) is 4.98 Å². The maximum atomic E-state index is 14.1. The van der Waals surface area contributed by atoms with Crippen molar-refractivity contribution >= 4 is 22.5 Å². The third-order valence-corrected chi connectivity index (χ3v) is 4.95. The van der Waals surface area contributed by atoms with Gasteiger partial charge in [0.1, 0.15) is 11.6 Å². The zero-order valence-corrected chi connectivity index (χ0v) is 16.1. The van der Waals surface area contributed by atoms with Gasteiger partial charge in [-0.15, -0.1) is 0 Å². The molecule has 0 saturated heterocycles. The summed E-state index contributed by atoms with van der Waals surface area (Å²) in [4.78, 5) is 8.97. The van der Waals surface area contributed by atoms with Gasteiger partial charge in [0.25, 0.3) is 5.89 Å². The highest BCUT2D eigenvalue weighted by molar-refractivity contribution is 6.30. The van der Waals surface area contributed by atoms with Gasteiger partial charge < -0.3 is 4.52 Å². The Morgan fingerprint density at radius 3 is 2.30 bits per heavy atom. The van der Waals surface area contributed by atoms with Crippen LogP contribution in [0.1, 0.15) is 0 Å². The Morgan fingerprint density at radius 2 is 1.53 bits per heavy atom. The van der Waals surface area contributed by atoms with E-state index in [-0.39, 0.29) is 17.3 Å². The maximum absolute atomic E-state index is 14.1. The van der Waals surface area contributed by atoms with Crippen LogP contribution < -0.4 is 0 Å². The first-order valence-electron chi connectivity index (χ1n) is 9.04. The van der Waals surface area contributed by atoms with Crippen LogP contribution >= 0.6 is 11.6 Å². The number of para-hydroxylation sites is 1. The SMILES string of the molecule is Fc1cccc(F)c1-c1noc(-c2cc(-c3ccc(Cl)cc3)nc3ccccc23)n1. The van der Waals surface area contributed by atoms with Gasteiger partial charge in [0, 0.05) is 16.0 Å². The number of nitrogens with zero attached hydrogens (tertiary/aromatic N) is 3. The second kappa shape index (κ2) is 7.31. The lowest BCUT2D eigenvalue weighted by Gasteiger charge is -2.07. The quantitative estimate of drug-likeness (QED) is 0.332. The van der Waals surface area contributed by atoms with Crippen molar-refractivity contribution in [3.05, 3.63) is 89.5 Å². The Kier molecular flexibility index (Phi) is 4.48. The topological polar surface area (TPSA) is 51.8 Å². The number of halogens is 3. The first-order chi connectivity index (χ1) is 14.6. The van der Waals surface area contributed by atoms with E-state index in [2.05, 4.69) is 10.1 Å². The van der Waals surface area contributed by atoms with E-state index in [1.807, 2.05) is 36.4 Å². The molecule has 3 aromatic carbocycles. The highest BCUT2D eigenvalue weighted by atomic mass is 35.5. The third kappa shape index (κ3) is 3.21. The van der Waals surface area contributed by atoms with Crippen molar-refractivity contribution in [1.29, 1.82) is 0 Å². The van der Waals surface area contributed by atoms with Crippen molar-refractivity contribution < 1.29 is 13.3 Å². The summed E-state index contributed by atoms with van der Waals surface area (Å²) in [6, 6.07) is 20.1. The Hall–Kier alpha value is -3.64. The Labute approximate surface area is 174 Å². The number of hydrogen-bond acceptors (Lipinski definition) is 4. The number of hydrogen-bond donors (Lipinski definition) is 0. The second-order valence-electron chi connectivity index (χ2n) is 6.60. The first kappa shape index (κ1) is 18.4. The molecule has 0 N–H and O–H groups in total. The minimum Gasteiger partial charge on any atom is -0.334 e. The van der Waals surface area contributed by atoms with E-state index >= 15 is 0 Å². The number of pyridine rings is 1. The molecule has 0 amide bonds. The molecule has 0 unspecified atom stereocenters. The molecule has 5 aromatic rings. The van der Waals surface area contributed by atoms with Crippen LogP contribution in [0.4, 0.5) is 8.78 Å². The molecule has 0 saturated carbocycles. The predicted octanol–water partition coefficient (Wildman–Crippen LogP) is 6.55. The van der Waals surface area contributed by atoms with Gasteiger partial charge in [0.15, 0.2) is 0 Å². The summed E-state index contributed by atoms with van der Waals surface area (Å²) < 4.78 is 33.7. The molecule has 0 aliphatic rings. The minimum atomic E-state index is -0.760. The Balaban J connectivity index is 1.69. The average molecular weight is 420 g/mol. The highest BCUT2D eigenvalue weighted by Crippen LogP contribution is 2.33. The van der Waals surface area contributed by atoms with Crippen molar-refractivity contribution in [2.45, 2.75) is 0 Å². The molecule has 30 heavy (non-hydrogen) atoms. The monoisotopic (exact) mass is 419 g/mol. The number of fused-ring (bicyclic) bond motifs is 1. The van der Waals surface area contributed by atoms with Crippen molar-refractivity contribution in [3.8, 4) is 34.1 Å². The molecule has 146 valence electrons. The predicted molar refractivity (Wildman–Crippen MR) is 111 cm³/mol. The van der Waals surface area contributed by atoms with Gasteiger partial charge in [-0.25, -0.2) is 13.8 Å². The van der Waals surface area contributed by atoms with Crippen molar-refractivity contribution in [1.82, 2.24) is 15.1 Å². The minimum absolute atomic E-state index is 0.140. The average Bonchev–Trinajstić information content (AvgIpc) is 3.23. The van der Waals surface area contributed by atoms with E-state index in [1.54, 1.807) is 18.2 Å². The van der Waals surface area contributed by atoms with E-state index < -0.39 is 11.6 Å². The molecule has 0 radical (unpaired) electrons. The molecule has 5 rings (SSSR count). The molecule has 4 nitrogen and oxygen atoms in total. The van der Waals surface area contributed by atoms with Gasteiger partial charge in [0.05, 0.1) is 22.3 Å². The molecule has 0 spiro atoms. The number of aromatic nitrogens is 3. The van der Waals surface area contributed by atoms with Crippen LogP contribution in [0.15, 0.2) is 77.3 Å². The van der Waals surface area contributed by atoms with Crippen LogP contribution in [-0.2, 0) is 0 Å². The van der Waals surface area contributed by atoms with Gasteiger partial charge in [0.2, 0.25) is 5.82 Å². The largest absolute Gasteiger partial charge is 0.334 e. The molecular formula is C23H12ClF2N3O. The number of benzene rings is 3. The van der Waals surface area contributed by atoms with Crippen LogP contribution in [0.3, 0.4) is 0 Å². The van der Waals surface area contributed by atoms with E-state index in [0.29, 0.717) is 16.3 Å². The van der Waals surface area contributed by atoms with Crippen LogP contribution in [0.25, 0.3) is 45.0 Å². The van der Waals surface area contributed by atoms with E-state index in [9.17, 15) is 8.78 Å². The summed E-state index contributed by atoms with van der Waals surface area (Å²) >= 11 is 5.99. The van der Waals surface area contributed by atoms with Crippen molar-refractivity contribution in [3.63, 3.8) is 0 Å². The van der Waals surface area contributed by atoms with Crippen molar-refractivity contribution in [2.75, 3.05) is 0 Å². The summed E-state index contributed by atoms with van der Waals surface area (Å²) in [5, 5.41) is 5.20. The summed E-state index contributed by atoms with van der Waals surface area (Å²) in [6.07, 6.45) is 0. The normalized spacial score (nSPS) is 11.2. The van der Waals surface area contributed by atoms with E-state index in [4.69, 9.17) is 21.1 Å². The molecule has 0 fully saturated rings. The van der Waals surface area contributed by atoms with Crippen LogP contribution in [0, 0.1) is 11.6 Å². The standard InChI is InChI=1S/C23H12ClF2N3O/c24-14-10-8-13(9-11-14)20-12-16(15-4-1-2-7-19(15)27-20)23-28-22(29-30-23)21-17(25)5-3-6-18(21)26/h1-12H. The van der Waals surface area contributed by atoms with Crippen LogP contribution in [0.2, 0.25) is 5.02 Å².